The van der Waals surface area contributed by atoms with Crippen molar-refractivity contribution in [2.24, 2.45) is 16.6 Å². The molecule has 0 aliphatic heterocycles. The maximum absolute atomic E-state index is 12.8. The number of guanidine groups is 1. The van der Waals surface area contributed by atoms with Crippen LogP contribution in [0.3, 0.4) is 0 Å². The third-order valence-electron chi connectivity index (χ3n) is 1.30. The Morgan fingerprint density at radius 2 is 2.23 bits per heavy atom. The molecule has 1 rings (SSSR count). The second-order valence-electron chi connectivity index (χ2n) is 2.24. The molecule has 0 aliphatic carbocycles. The van der Waals surface area contributed by atoms with Crippen LogP contribution in [0.15, 0.2) is 27.7 Å². The largest absolute Gasteiger partial charge is 0.369 e. The summed E-state index contributed by atoms with van der Waals surface area (Å²) in [6.45, 7) is 0. The minimum atomic E-state index is -0.349. The average molecular weight is 247 g/mol. The maximum atomic E-state index is 12.8. The number of halogens is 2. The molecular weight excluding hydrogens is 239 g/mol. The number of nitrogens with zero attached hydrogens (tertiary/aromatic N) is 1. The average Bonchev–Trinajstić information content (AvgIpc) is 2.11. The number of nitrogens with two attached hydrogens (primary N) is 2. The molecule has 0 fully saturated rings. The van der Waals surface area contributed by atoms with Crippen LogP contribution in [0.2, 0.25) is 0 Å². The van der Waals surface area contributed by atoms with E-state index < -0.39 is 0 Å². The summed E-state index contributed by atoms with van der Waals surface area (Å²) in [4.78, 5) is 3.84. The van der Waals surface area contributed by atoms with Crippen molar-refractivity contribution in [2.45, 2.75) is 0 Å². The predicted octanol–water partition coefficient (Wildman–Crippen LogP) is 0.998. The van der Waals surface area contributed by atoms with Gasteiger partial charge in [-0.15, -0.1) is 0 Å². The van der Waals surface area contributed by atoms with Gasteiger partial charge in [0.05, 0.1) is 10.2 Å². The molecule has 0 atom stereocenters. The highest BCUT2D eigenvalue weighted by Crippen LogP contribution is 2.21. The van der Waals surface area contributed by atoms with Gasteiger partial charge in [0.15, 0.2) is 0 Å². The van der Waals surface area contributed by atoms with Gasteiger partial charge in [-0.05, 0) is 34.1 Å². The van der Waals surface area contributed by atoms with Crippen LogP contribution < -0.4 is 17.0 Å². The third kappa shape index (κ3) is 2.67. The lowest BCUT2D eigenvalue weighted by molar-refractivity contribution is 0.621. The monoisotopic (exact) mass is 246 g/mol. The van der Waals surface area contributed by atoms with Gasteiger partial charge in [-0.2, -0.15) is 0 Å². The number of nitrogens with one attached hydrogen (secondary N) is 1. The topological polar surface area (TPSA) is 76.4 Å². The Hall–Kier alpha value is -1.14. The highest BCUT2D eigenvalue weighted by Gasteiger charge is 1.99. The van der Waals surface area contributed by atoms with E-state index >= 15 is 0 Å². The lowest BCUT2D eigenvalue weighted by atomic mass is 10.3. The number of rotatable bonds is 1. The van der Waals surface area contributed by atoms with E-state index in [1.54, 1.807) is 0 Å². The molecule has 70 valence electrons. The molecule has 0 spiro atoms. The minimum Gasteiger partial charge on any atom is -0.369 e. The van der Waals surface area contributed by atoms with E-state index in [0.717, 1.165) is 0 Å². The minimum absolute atomic E-state index is 0.0681. The van der Waals surface area contributed by atoms with E-state index in [1.165, 1.54) is 18.2 Å². The second-order valence-corrected chi connectivity index (χ2v) is 3.09. The van der Waals surface area contributed by atoms with E-state index in [1.807, 2.05) is 0 Å². The molecule has 0 amide bonds. The molecule has 4 nitrogen and oxygen atoms in total. The van der Waals surface area contributed by atoms with Crippen molar-refractivity contribution in [3.8, 4) is 0 Å². The van der Waals surface area contributed by atoms with Crippen LogP contribution in [0, 0.1) is 5.82 Å². The Kier molecular flexibility index (Phi) is 3.21. The van der Waals surface area contributed by atoms with E-state index in [0.29, 0.717) is 10.2 Å². The highest BCUT2D eigenvalue weighted by atomic mass is 79.9. The molecule has 1 aromatic rings. The van der Waals surface area contributed by atoms with Gasteiger partial charge in [0.1, 0.15) is 5.82 Å². The first-order valence-corrected chi connectivity index (χ1v) is 4.18. The Bertz CT molecular complexity index is 339. The fraction of sp³-hybridized carbons (Fsp3) is 0. The van der Waals surface area contributed by atoms with Crippen molar-refractivity contribution in [2.75, 3.05) is 0 Å². The first-order chi connectivity index (χ1) is 6.13. The summed E-state index contributed by atoms with van der Waals surface area (Å²) in [6, 6.07) is 4.27. The summed E-state index contributed by atoms with van der Waals surface area (Å²) in [7, 11) is 0. The Morgan fingerprint density at radius 1 is 1.54 bits per heavy atom. The molecule has 0 aromatic heterocycles. The van der Waals surface area contributed by atoms with Crippen LogP contribution in [0.5, 0.6) is 0 Å². The molecule has 1 aromatic carbocycles. The van der Waals surface area contributed by atoms with Crippen LogP contribution in [0.4, 0.5) is 10.1 Å². The van der Waals surface area contributed by atoms with Gasteiger partial charge < -0.3 is 5.73 Å². The molecule has 6 heteroatoms. The number of hydrogen-bond donors (Lipinski definition) is 3. The van der Waals surface area contributed by atoms with Crippen LogP contribution in [-0.4, -0.2) is 5.96 Å². The molecular formula is C7H8BrFN4. The zero-order valence-electron chi connectivity index (χ0n) is 6.59. The smallest absolute Gasteiger partial charge is 0.208 e. The lowest BCUT2D eigenvalue weighted by Crippen LogP contribution is -2.36. The zero-order chi connectivity index (χ0) is 9.84. The normalized spacial score (nSPS) is 11.5. The van der Waals surface area contributed by atoms with Crippen LogP contribution >= 0.6 is 15.9 Å². The van der Waals surface area contributed by atoms with Crippen molar-refractivity contribution < 1.29 is 4.39 Å². The molecule has 0 bridgehead atoms. The van der Waals surface area contributed by atoms with Gasteiger partial charge in [0, 0.05) is 0 Å². The number of aliphatic imine (C=N–C) groups is 1. The second kappa shape index (κ2) is 4.20. The van der Waals surface area contributed by atoms with Crippen molar-refractivity contribution in [1.29, 1.82) is 0 Å². The molecule has 0 heterocycles. The summed E-state index contributed by atoms with van der Waals surface area (Å²) in [5.41, 5.74) is 7.98. The first kappa shape index (κ1) is 9.94. The van der Waals surface area contributed by atoms with Crippen LogP contribution in [0.1, 0.15) is 0 Å². The summed E-state index contributed by atoms with van der Waals surface area (Å²) >= 11 is 3.02. The number of hydrogen-bond acceptors (Lipinski definition) is 2. The Morgan fingerprint density at radius 3 is 2.77 bits per heavy atom. The van der Waals surface area contributed by atoms with Crippen LogP contribution in [-0.2, 0) is 0 Å². The van der Waals surface area contributed by atoms with Crippen molar-refractivity contribution in [3.05, 3.63) is 28.5 Å². The summed E-state index contributed by atoms with van der Waals surface area (Å²) in [6.07, 6.45) is 0. The quantitative estimate of drug-likeness (QED) is 0.300. The fourth-order valence-corrected chi connectivity index (χ4v) is 1.09. The standard InChI is InChI=1S/C7H8BrFN4/c8-5-3-4(1-2-6(5)9)12-7(10)13-11/h1-3H,11H2,(H3,10,12,13). The maximum Gasteiger partial charge on any atom is 0.208 e. The predicted molar refractivity (Wildman–Crippen MR) is 52.7 cm³/mol. The van der Waals surface area contributed by atoms with Crippen molar-refractivity contribution in [3.63, 3.8) is 0 Å². The molecule has 13 heavy (non-hydrogen) atoms. The first-order valence-electron chi connectivity index (χ1n) is 3.39. The van der Waals surface area contributed by atoms with Gasteiger partial charge in [0.25, 0.3) is 0 Å². The highest BCUT2D eigenvalue weighted by molar-refractivity contribution is 9.10. The van der Waals surface area contributed by atoms with E-state index in [-0.39, 0.29) is 11.8 Å². The number of hydrazine groups is 1. The Balaban J connectivity index is 2.98. The lowest BCUT2D eigenvalue weighted by Gasteiger charge is -1.99. The van der Waals surface area contributed by atoms with E-state index in [9.17, 15) is 4.39 Å². The number of benzene rings is 1. The molecule has 0 saturated heterocycles. The van der Waals surface area contributed by atoms with Gasteiger partial charge in [-0.3, -0.25) is 5.43 Å². The van der Waals surface area contributed by atoms with E-state index in [4.69, 9.17) is 11.6 Å². The molecule has 5 N–H and O–H groups in total. The fourth-order valence-electron chi connectivity index (χ4n) is 0.726. The Labute approximate surface area is 82.9 Å². The molecule has 0 aliphatic rings. The molecule has 0 unspecified atom stereocenters. The van der Waals surface area contributed by atoms with Gasteiger partial charge in [-0.1, -0.05) is 0 Å². The molecule has 0 saturated carbocycles. The van der Waals surface area contributed by atoms with Gasteiger partial charge in [0.2, 0.25) is 5.96 Å². The SMILES string of the molecule is NNC(N)=Nc1ccc(F)c(Br)c1. The third-order valence-corrected chi connectivity index (χ3v) is 1.91. The molecule has 0 radical (unpaired) electrons. The summed E-state index contributed by atoms with van der Waals surface area (Å²) < 4.78 is 13.1. The van der Waals surface area contributed by atoms with E-state index in [2.05, 4.69) is 26.3 Å². The summed E-state index contributed by atoms with van der Waals surface area (Å²) in [5.74, 6) is 4.72. The van der Waals surface area contributed by atoms with Gasteiger partial charge in [-0.25, -0.2) is 15.2 Å². The van der Waals surface area contributed by atoms with Gasteiger partial charge >= 0.3 is 0 Å². The van der Waals surface area contributed by atoms with Crippen LogP contribution in [0.25, 0.3) is 0 Å². The summed E-state index contributed by atoms with van der Waals surface area (Å²) in [5, 5.41) is 0. The van der Waals surface area contributed by atoms with Crippen molar-refractivity contribution in [1.82, 2.24) is 5.43 Å². The zero-order valence-corrected chi connectivity index (χ0v) is 8.18. The van der Waals surface area contributed by atoms with Crippen molar-refractivity contribution >= 4 is 27.6 Å².